The molecule has 1 nitrogen and oxygen atoms in total. The van der Waals surface area contributed by atoms with E-state index in [4.69, 9.17) is 0 Å². The molecule has 2 aromatic rings. The fourth-order valence-corrected chi connectivity index (χ4v) is 5.62. The van der Waals surface area contributed by atoms with E-state index in [1.807, 2.05) is 48.5 Å². The zero-order valence-corrected chi connectivity index (χ0v) is 12.5. The van der Waals surface area contributed by atoms with Gasteiger partial charge < -0.3 is 4.57 Å². The predicted molar refractivity (Wildman–Crippen MR) is 83.7 cm³/mol. The maximum atomic E-state index is 13.5. The van der Waals surface area contributed by atoms with Crippen LogP contribution in [0.5, 0.6) is 0 Å². The molecule has 0 spiro atoms. The van der Waals surface area contributed by atoms with E-state index in [-0.39, 0.29) is 5.66 Å². The second kappa shape index (κ2) is 6.21. The van der Waals surface area contributed by atoms with E-state index in [1.54, 1.807) is 0 Å². The SMILES string of the molecule is CCCP(=O)(c1ccccc1)C(C)c1ccccc1. The van der Waals surface area contributed by atoms with Crippen LogP contribution in [0.3, 0.4) is 0 Å². The fourth-order valence-electron chi connectivity index (χ4n) is 2.53. The molecular weight excluding hydrogens is 251 g/mol. The first-order valence-corrected chi connectivity index (χ1v) is 8.84. The number of benzene rings is 2. The summed E-state index contributed by atoms with van der Waals surface area (Å²) in [5, 5.41) is 1.01. The molecule has 0 N–H and O–H groups in total. The highest BCUT2D eigenvalue weighted by Gasteiger charge is 2.31. The Kier molecular flexibility index (Phi) is 4.61. The Morgan fingerprint density at radius 3 is 2.00 bits per heavy atom. The Hall–Kier alpha value is -1.33. The number of hydrogen-bond donors (Lipinski definition) is 0. The zero-order chi connectivity index (χ0) is 13.7. The van der Waals surface area contributed by atoms with Gasteiger partial charge in [-0.1, -0.05) is 74.5 Å². The van der Waals surface area contributed by atoms with Gasteiger partial charge in [0.2, 0.25) is 0 Å². The van der Waals surface area contributed by atoms with Crippen LogP contribution >= 0.6 is 7.14 Å². The van der Waals surface area contributed by atoms with Gasteiger partial charge in [0.1, 0.15) is 7.14 Å². The molecule has 0 aliphatic carbocycles. The Bertz CT molecular complexity index is 548. The summed E-state index contributed by atoms with van der Waals surface area (Å²) in [6.07, 6.45) is 1.72. The molecule has 2 atom stereocenters. The molecule has 0 heterocycles. The minimum Gasteiger partial charge on any atom is -0.318 e. The Morgan fingerprint density at radius 1 is 0.947 bits per heavy atom. The van der Waals surface area contributed by atoms with Gasteiger partial charge in [0.15, 0.2) is 0 Å². The molecule has 0 saturated carbocycles. The molecule has 0 fully saturated rings. The molecule has 0 bridgehead atoms. The van der Waals surface area contributed by atoms with Crippen LogP contribution < -0.4 is 5.30 Å². The van der Waals surface area contributed by atoms with Gasteiger partial charge in [0, 0.05) is 17.1 Å². The summed E-state index contributed by atoms with van der Waals surface area (Å²) >= 11 is 0. The monoisotopic (exact) mass is 272 g/mol. The molecule has 0 amide bonds. The van der Waals surface area contributed by atoms with Crippen molar-refractivity contribution < 1.29 is 4.57 Å². The second-order valence-electron chi connectivity index (χ2n) is 4.94. The van der Waals surface area contributed by atoms with Crippen LogP contribution in [0.15, 0.2) is 60.7 Å². The van der Waals surface area contributed by atoms with Gasteiger partial charge in [-0.3, -0.25) is 0 Å². The van der Waals surface area contributed by atoms with Gasteiger partial charge >= 0.3 is 0 Å². The first-order valence-electron chi connectivity index (χ1n) is 6.88. The molecule has 2 aromatic carbocycles. The van der Waals surface area contributed by atoms with E-state index in [0.717, 1.165) is 17.9 Å². The highest BCUT2D eigenvalue weighted by Crippen LogP contribution is 2.58. The molecule has 0 aliphatic heterocycles. The summed E-state index contributed by atoms with van der Waals surface area (Å²) in [4.78, 5) is 0. The van der Waals surface area contributed by atoms with Gasteiger partial charge in [-0.15, -0.1) is 0 Å². The molecule has 0 radical (unpaired) electrons. The summed E-state index contributed by atoms with van der Waals surface area (Å²) in [7, 11) is -2.38. The van der Waals surface area contributed by atoms with Crippen LogP contribution in [-0.2, 0) is 4.57 Å². The van der Waals surface area contributed by atoms with E-state index in [9.17, 15) is 4.57 Å². The molecule has 19 heavy (non-hydrogen) atoms. The highest BCUT2D eigenvalue weighted by atomic mass is 31.2. The standard InChI is InChI=1S/C17H21OP/c1-3-14-19(18,17-12-8-5-9-13-17)15(2)16-10-6-4-7-11-16/h4-13,15H,3,14H2,1-2H3. The smallest absolute Gasteiger partial charge is 0.122 e. The van der Waals surface area contributed by atoms with E-state index in [0.29, 0.717) is 0 Å². The summed E-state index contributed by atoms with van der Waals surface area (Å²) in [5.74, 6) is 0. The average Bonchev–Trinajstić information content (AvgIpc) is 2.48. The number of rotatable bonds is 5. The average molecular weight is 272 g/mol. The maximum absolute atomic E-state index is 13.5. The normalized spacial score (nSPS) is 15.7. The number of hydrogen-bond acceptors (Lipinski definition) is 1. The topological polar surface area (TPSA) is 17.1 Å². The predicted octanol–water partition coefficient (Wildman–Crippen LogP) is 4.85. The highest BCUT2D eigenvalue weighted by molar-refractivity contribution is 7.71. The van der Waals surface area contributed by atoms with Crippen LogP contribution in [0, 0.1) is 0 Å². The van der Waals surface area contributed by atoms with Gasteiger partial charge in [-0.2, -0.15) is 0 Å². The Balaban J connectivity index is 2.43. The van der Waals surface area contributed by atoms with Gasteiger partial charge in [0.25, 0.3) is 0 Å². The third-order valence-electron chi connectivity index (χ3n) is 3.66. The van der Waals surface area contributed by atoms with Crippen molar-refractivity contribution in [3.63, 3.8) is 0 Å². The van der Waals surface area contributed by atoms with Crippen molar-refractivity contribution >= 4 is 12.4 Å². The Labute approximate surface area is 116 Å². The van der Waals surface area contributed by atoms with Crippen LogP contribution in [-0.4, -0.2) is 6.16 Å². The van der Waals surface area contributed by atoms with Gasteiger partial charge in [-0.05, 0) is 12.0 Å². The first kappa shape index (κ1) is 14.1. The zero-order valence-electron chi connectivity index (χ0n) is 11.6. The molecule has 0 saturated heterocycles. The summed E-state index contributed by atoms with van der Waals surface area (Å²) in [6.45, 7) is 4.20. The van der Waals surface area contributed by atoms with Crippen LogP contribution in [0.25, 0.3) is 0 Å². The van der Waals surface area contributed by atoms with Crippen molar-refractivity contribution in [1.29, 1.82) is 0 Å². The Morgan fingerprint density at radius 2 is 1.47 bits per heavy atom. The molecule has 2 heteroatoms. The van der Waals surface area contributed by atoms with Crippen molar-refractivity contribution in [1.82, 2.24) is 0 Å². The van der Waals surface area contributed by atoms with Crippen LogP contribution in [0.1, 0.15) is 31.5 Å². The van der Waals surface area contributed by atoms with E-state index in [1.165, 1.54) is 5.56 Å². The van der Waals surface area contributed by atoms with Crippen molar-refractivity contribution in [2.24, 2.45) is 0 Å². The van der Waals surface area contributed by atoms with Crippen molar-refractivity contribution in [2.75, 3.05) is 6.16 Å². The van der Waals surface area contributed by atoms with Crippen LogP contribution in [0.2, 0.25) is 0 Å². The third-order valence-corrected chi connectivity index (χ3v) is 7.49. The first-order chi connectivity index (χ1) is 9.18. The lowest BCUT2D eigenvalue weighted by Crippen LogP contribution is -2.12. The van der Waals surface area contributed by atoms with E-state index >= 15 is 0 Å². The molecule has 0 aliphatic rings. The third kappa shape index (κ3) is 2.98. The molecule has 0 aromatic heterocycles. The minimum absolute atomic E-state index is 0.0797. The molecule has 2 rings (SSSR count). The lowest BCUT2D eigenvalue weighted by molar-refractivity contribution is 0.573. The van der Waals surface area contributed by atoms with Crippen LogP contribution in [0.4, 0.5) is 0 Å². The maximum Gasteiger partial charge on any atom is 0.122 e. The summed E-state index contributed by atoms with van der Waals surface area (Å²) in [5.41, 5.74) is 1.25. The second-order valence-corrected chi connectivity index (χ2v) is 8.27. The van der Waals surface area contributed by atoms with Gasteiger partial charge in [-0.25, -0.2) is 0 Å². The largest absolute Gasteiger partial charge is 0.318 e. The van der Waals surface area contributed by atoms with E-state index < -0.39 is 7.14 Å². The lowest BCUT2D eigenvalue weighted by Gasteiger charge is -2.25. The molecule has 2 unspecified atom stereocenters. The summed E-state index contributed by atoms with van der Waals surface area (Å²) in [6, 6.07) is 20.2. The van der Waals surface area contributed by atoms with Crippen molar-refractivity contribution in [3.8, 4) is 0 Å². The fraction of sp³-hybridized carbons (Fsp3) is 0.294. The van der Waals surface area contributed by atoms with Crippen molar-refractivity contribution in [3.05, 3.63) is 66.2 Å². The summed E-state index contributed by atoms with van der Waals surface area (Å²) < 4.78 is 13.5. The quantitative estimate of drug-likeness (QED) is 0.711. The lowest BCUT2D eigenvalue weighted by atomic mass is 10.2. The minimum atomic E-state index is -2.38. The molecule has 100 valence electrons. The molecular formula is C17H21OP. The van der Waals surface area contributed by atoms with E-state index in [2.05, 4.69) is 26.0 Å². The van der Waals surface area contributed by atoms with Gasteiger partial charge in [0.05, 0.1) is 0 Å². The van der Waals surface area contributed by atoms with Crippen molar-refractivity contribution in [2.45, 2.75) is 25.9 Å².